The average Bonchev–Trinajstić information content (AvgIpc) is 2.74. The van der Waals surface area contributed by atoms with E-state index in [9.17, 15) is 0 Å². The third-order valence-electron chi connectivity index (χ3n) is 4.55. The molecule has 31 heavy (non-hydrogen) atoms. The molecule has 164 valence electrons. The van der Waals surface area contributed by atoms with Gasteiger partial charge in [-0.05, 0) is 61.6 Å². The monoisotopic (exact) mass is 450 g/mol. The summed E-state index contributed by atoms with van der Waals surface area (Å²) in [5.74, 6) is 1.74. The van der Waals surface area contributed by atoms with Gasteiger partial charge in [-0.2, -0.15) is 0 Å². The van der Waals surface area contributed by atoms with Gasteiger partial charge in [0.05, 0.1) is 14.2 Å². The first kappa shape index (κ1) is 24.7. The van der Waals surface area contributed by atoms with Crippen LogP contribution in [0.15, 0.2) is 84.2 Å². The zero-order chi connectivity index (χ0) is 22.7. The highest BCUT2D eigenvalue weighted by Crippen LogP contribution is 2.18. The van der Waals surface area contributed by atoms with Crippen LogP contribution in [0.4, 0.5) is 0 Å². The van der Waals surface area contributed by atoms with E-state index in [-0.39, 0.29) is 0 Å². The molecule has 0 N–H and O–H groups in total. The molecule has 0 aliphatic carbocycles. The summed E-state index contributed by atoms with van der Waals surface area (Å²) in [7, 11) is -0.455. The Morgan fingerprint density at radius 3 is 1.23 bits per heavy atom. The van der Waals surface area contributed by atoms with Crippen molar-refractivity contribution in [2.45, 2.75) is 26.2 Å². The van der Waals surface area contributed by atoms with Crippen molar-refractivity contribution in [1.29, 1.82) is 0 Å². The first-order valence-corrected chi connectivity index (χ1v) is 16.4. The van der Waals surface area contributed by atoms with Crippen LogP contribution in [0.2, 0.25) is 26.2 Å². The van der Waals surface area contributed by atoms with Crippen LogP contribution in [0.3, 0.4) is 0 Å². The van der Waals surface area contributed by atoms with E-state index in [0.29, 0.717) is 0 Å². The molecule has 0 aromatic heterocycles. The number of methoxy groups -OCH3 is 2. The SMILES string of the molecule is COc1ccc(/C=C/C=C/[Si](C)(C)O[Si](C)(C)/C=C/C=C/c2ccc(OC)cc2)cc1. The molecular formula is C26H34O3Si2. The molecule has 0 radical (unpaired) electrons. The molecule has 0 atom stereocenters. The molecule has 0 bridgehead atoms. The van der Waals surface area contributed by atoms with E-state index in [1.54, 1.807) is 14.2 Å². The van der Waals surface area contributed by atoms with Gasteiger partial charge in [0.15, 0.2) is 16.6 Å². The third kappa shape index (κ3) is 9.38. The summed E-state index contributed by atoms with van der Waals surface area (Å²) in [5, 5.41) is 0. The van der Waals surface area contributed by atoms with Crippen LogP contribution in [0.25, 0.3) is 12.2 Å². The highest BCUT2D eigenvalue weighted by Gasteiger charge is 2.28. The Labute approximate surface area is 189 Å². The number of hydrogen-bond acceptors (Lipinski definition) is 3. The lowest BCUT2D eigenvalue weighted by atomic mass is 10.2. The molecule has 0 saturated carbocycles. The standard InChI is InChI=1S/C26H34O3Si2/c1-27-25-17-13-23(14-18-25)11-7-9-21-30(3,4)29-31(5,6)22-10-8-12-24-15-19-26(28-2)20-16-24/h7-22H,1-6H3/b11-7+,12-8+,21-9+,22-10+. The minimum Gasteiger partial charge on any atom is -0.497 e. The van der Waals surface area contributed by atoms with Gasteiger partial charge in [-0.25, -0.2) is 0 Å². The van der Waals surface area contributed by atoms with E-state index in [1.165, 1.54) is 0 Å². The minimum absolute atomic E-state index is 0.869. The maximum Gasteiger partial charge on any atom is 0.198 e. The number of hydrogen-bond donors (Lipinski definition) is 0. The summed E-state index contributed by atoms with van der Waals surface area (Å²) in [6, 6.07) is 16.0. The molecule has 2 aromatic carbocycles. The van der Waals surface area contributed by atoms with Crippen molar-refractivity contribution in [3.63, 3.8) is 0 Å². The molecule has 2 aromatic rings. The molecule has 0 aliphatic heterocycles. The van der Waals surface area contributed by atoms with Crippen molar-refractivity contribution in [3.05, 3.63) is 95.4 Å². The van der Waals surface area contributed by atoms with Gasteiger partial charge >= 0.3 is 0 Å². The summed E-state index contributed by atoms with van der Waals surface area (Å²) < 4.78 is 17.0. The highest BCUT2D eigenvalue weighted by atomic mass is 28.4. The van der Waals surface area contributed by atoms with E-state index < -0.39 is 16.6 Å². The van der Waals surface area contributed by atoms with Crippen LogP contribution < -0.4 is 9.47 Å². The smallest absolute Gasteiger partial charge is 0.198 e. The molecule has 0 amide bonds. The van der Waals surface area contributed by atoms with Crippen molar-refractivity contribution < 1.29 is 13.6 Å². The quantitative estimate of drug-likeness (QED) is 0.287. The molecule has 0 fully saturated rings. The molecule has 0 spiro atoms. The molecule has 0 aliphatic rings. The summed E-state index contributed by atoms with van der Waals surface area (Å²) in [4.78, 5) is 0. The molecular weight excluding hydrogens is 416 g/mol. The van der Waals surface area contributed by atoms with E-state index >= 15 is 0 Å². The predicted molar refractivity (Wildman–Crippen MR) is 138 cm³/mol. The molecule has 0 saturated heterocycles. The van der Waals surface area contributed by atoms with Gasteiger partial charge in [0.2, 0.25) is 0 Å². The van der Waals surface area contributed by atoms with Gasteiger partial charge < -0.3 is 13.6 Å². The zero-order valence-electron chi connectivity index (χ0n) is 19.5. The van der Waals surface area contributed by atoms with E-state index in [0.717, 1.165) is 22.6 Å². The Balaban J connectivity index is 1.89. The Morgan fingerprint density at radius 1 is 0.548 bits per heavy atom. The van der Waals surface area contributed by atoms with Gasteiger partial charge in [0.1, 0.15) is 11.5 Å². The largest absolute Gasteiger partial charge is 0.497 e. The van der Waals surface area contributed by atoms with Crippen LogP contribution in [-0.4, -0.2) is 30.9 Å². The maximum atomic E-state index is 6.59. The molecule has 0 unspecified atom stereocenters. The van der Waals surface area contributed by atoms with Crippen LogP contribution in [0, 0.1) is 0 Å². The second-order valence-corrected chi connectivity index (χ2v) is 16.2. The predicted octanol–water partition coefficient (Wildman–Crippen LogP) is 7.05. The van der Waals surface area contributed by atoms with Crippen molar-refractivity contribution in [2.75, 3.05) is 14.2 Å². The number of ether oxygens (including phenoxy) is 2. The number of benzene rings is 2. The Morgan fingerprint density at radius 2 is 0.903 bits per heavy atom. The lowest BCUT2D eigenvalue weighted by Gasteiger charge is -2.29. The average molecular weight is 451 g/mol. The normalized spacial score (nSPS) is 13.1. The maximum absolute atomic E-state index is 6.59. The van der Waals surface area contributed by atoms with Crippen molar-refractivity contribution in [1.82, 2.24) is 0 Å². The van der Waals surface area contributed by atoms with Crippen molar-refractivity contribution in [2.24, 2.45) is 0 Å². The zero-order valence-corrected chi connectivity index (χ0v) is 21.5. The van der Waals surface area contributed by atoms with Crippen LogP contribution >= 0.6 is 0 Å². The molecule has 2 rings (SSSR count). The van der Waals surface area contributed by atoms with Crippen LogP contribution in [0.1, 0.15) is 11.1 Å². The van der Waals surface area contributed by atoms with Gasteiger partial charge in [0.25, 0.3) is 0 Å². The lowest BCUT2D eigenvalue weighted by molar-refractivity contribution is 0.414. The molecule has 3 nitrogen and oxygen atoms in total. The van der Waals surface area contributed by atoms with Gasteiger partial charge in [-0.15, -0.1) is 0 Å². The van der Waals surface area contributed by atoms with E-state index in [4.69, 9.17) is 13.6 Å². The van der Waals surface area contributed by atoms with Crippen LogP contribution in [-0.2, 0) is 4.12 Å². The van der Waals surface area contributed by atoms with Gasteiger partial charge in [-0.1, -0.05) is 72.1 Å². The van der Waals surface area contributed by atoms with Crippen molar-refractivity contribution in [3.8, 4) is 11.5 Å². The fourth-order valence-corrected chi connectivity index (χ4v) is 10.2. The van der Waals surface area contributed by atoms with Crippen molar-refractivity contribution >= 4 is 28.8 Å². The first-order chi connectivity index (χ1) is 14.7. The second-order valence-electron chi connectivity index (χ2n) is 8.29. The summed E-state index contributed by atoms with van der Waals surface area (Å²) >= 11 is 0. The lowest BCUT2D eigenvalue weighted by Crippen LogP contribution is -2.42. The van der Waals surface area contributed by atoms with Gasteiger partial charge in [0, 0.05) is 0 Å². The second kappa shape index (κ2) is 11.7. The Kier molecular flexibility index (Phi) is 9.30. The van der Waals surface area contributed by atoms with E-state index in [2.05, 4.69) is 74.0 Å². The van der Waals surface area contributed by atoms with E-state index in [1.807, 2.05) is 48.5 Å². The highest BCUT2D eigenvalue weighted by molar-refractivity contribution is 6.89. The van der Waals surface area contributed by atoms with Gasteiger partial charge in [-0.3, -0.25) is 0 Å². The minimum atomic E-state index is -1.91. The number of allylic oxidation sites excluding steroid dienone is 4. The summed E-state index contributed by atoms with van der Waals surface area (Å²) in [6.45, 7) is 8.95. The first-order valence-electron chi connectivity index (χ1n) is 10.4. The fourth-order valence-electron chi connectivity index (χ4n) is 3.08. The Bertz CT molecular complexity index is 845. The number of rotatable bonds is 10. The third-order valence-corrected chi connectivity index (χ3v) is 10.8. The summed E-state index contributed by atoms with van der Waals surface area (Å²) in [5.41, 5.74) is 6.77. The molecule has 5 heteroatoms. The van der Waals surface area contributed by atoms with Crippen LogP contribution in [0.5, 0.6) is 11.5 Å². The fraction of sp³-hybridized carbons (Fsp3) is 0.231. The Hall–Kier alpha value is -2.61. The topological polar surface area (TPSA) is 27.7 Å². The summed E-state index contributed by atoms with van der Waals surface area (Å²) in [6.07, 6.45) is 12.5. The molecule has 0 heterocycles.